The molecular formula is C14H20N2O5S. The van der Waals surface area contributed by atoms with Crippen molar-refractivity contribution in [3.63, 3.8) is 0 Å². The molecule has 1 aliphatic rings. The smallest absolute Gasteiger partial charge is 0.217 e. The minimum Gasteiger partial charge on any atom is -0.399 e. The average Bonchev–Trinajstić information content (AvgIpc) is 2.48. The highest BCUT2D eigenvalue weighted by Crippen LogP contribution is 2.33. The lowest BCUT2D eigenvalue weighted by atomic mass is 9.98. The van der Waals surface area contributed by atoms with Crippen LogP contribution in [0.1, 0.15) is 6.92 Å². The van der Waals surface area contributed by atoms with Crippen molar-refractivity contribution in [1.29, 1.82) is 0 Å². The molecule has 0 spiro atoms. The molecule has 8 heteroatoms. The summed E-state index contributed by atoms with van der Waals surface area (Å²) >= 11 is 1.27. The Morgan fingerprint density at radius 2 is 1.95 bits per heavy atom. The van der Waals surface area contributed by atoms with Crippen molar-refractivity contribution in [3.05, 3.63) is 24.3 Å². The molecule has 2 rings (SSSR count). The van der Waals surface area contributed by atoms with Crippen LogP contribution in [0.25, 0.3) is 0 Å². The Bertz CT molecular complexity index is 512. The van der Waals surface area contributed by atoms with Gasteiger partial charge in [-0.2, -0.15) is 0 Å². The van der Waals surface area contributed by atoms with Gasteiger partial charge in [0.2, 0.25) is 5.91 Å². The van der Waals surface area contributed by atoms with Crippen molar-refractivity contribution < 1.29 is 24.9 Å². The summed E-state index contributed by atoms with van der Waals surface area (Å²) in [6.07, 6.45) is -3.42. The van der Waals surface area contributed by atoms with Crippen molar-refractivity contribution in [2.24, 2.45) is 0 Å². The molecule has 0 aliphatic carbocycles. The molecule has 1 saturated heterocycles. The summed E-state index contributed by atoms with van der Waals surface area (Å²) in [4.78, 5) is 12.2. The van der Waals surface area contributed by atoms with E-state index in [0.29, 0.717) is 5.69 Å². The second-order valence-electron chi connectivity index (χ2n) is 5.12. The molecule has 22 heavy (non-hydrogen) atoms. The molecule has 1 aromatic carbocycles. The first-order valence-corrected chi connectivity index (χ1v) is 7.72. The quantitative estimate of drug-likeness (QED) is 0.463. The van der Waals surface area contributed by atoms with Gasteiger partial charge in [0.15, 0.2) is 0 Å². The van der Waals surface area contributed by atoms with E-state index in [4.69, 9.17) is 10.5 Å². The van der Waals surface area contributed by atoms with E-state index in [-0.39, 0.29) is 5.91 Å². The number of nitrogens with one attached hydrogen (secondary N) is 1. The molecule has 0 aromatic heterocycles. The number of carbonyl (C=O) groups excluding carboxylic acids is 1. The fourth-order valence-electron chi connectivity index (χ4n) is 2.25. The number of nitrogen functional groups attached to an aromatic ring is 1. The van der Waals surface area contributed by atoms with Gasteiger partial charge >= 0.3 is 0 Å². The van der Waals surface area contributed by atoms with Crippen LogP contribution < -0.4 is 11.1 Å². The molecule has 6 N–H and O–H groups in total. The predicted molar refractivity (Wildman–Crippen MR) is 82.1 cm³/mol. The minimum absolute atomic E-state index is 0.342. The molecule has 1 aromatic rings. The Morgan fingerprint density at radius 3 is 2.50 bits per heavy atom. The number of hydrogen-bond acceptors (Lipinski definition) is 7. The molecule has 0 bridgehead atoms. The van der Waals surface area contributed by atoms with Gasteiger partial charge < -0.3 is 31.1 Å². The van der Waals surface area contributed by atoms with Crippen LogP contribution in [0.3, 0.4) is 0 Å². The molecule has 122 valence electrons. The highest BCUT2D eigenvalue weighted by molar-refractivity contribution is 7.99. The Morgan fingerprint density at radius 1 is 1.32 bits per heavy atom. The van der Waals surface area contributed by atoms with Crippen LogP contribution in [0.2, 0.25) is 0 Å². The van der Waals surface area contributed by atoms with Crippen LogP contribution in [0.5, 0.6) is 0 Å². The molecule has 5 atom stereocenters. The van der Waals surface area contributed by atoms with Gasteiger partial charge in [-0.25, -0.2) is 0 Å². The summed E-state index contributed by atoms with van der Waals surface area (Å²) in [5.41, 5.74) is 5.60. The van der Waals surface area contributed by atoms with Gasteiger partial charge in [-0.3, -0.25) is 4.79 Å². The number of carbonyl (C=O) groups is 1. The van der Waals surface area contributed by atoms with Gasteiger partial charge in [0.25, 0.3) is 0 Å². The molecule has 0 radical (unpaired) electrons. The lowest BCUT2D eigenvalue weighted by molar-refractivity contribution is -0.173. The van der Waals surface area contributed by atoms with Gasteiger partial charge in [-0.05, 0) is 24.3 Å². The standard InChI is InChI=1S/C14H20N2O5S/c1-7(18)16-11-13(20)12(19)10(6-17)21-14(11)22-9-4-2-8(15)3-5-9/h2-5,10-14,17,19-20H,6,15H2,1H3,(H,16,18)/t10-,11-,12-,13-,14+/m1/s1. The third-order valence-electron chi connectivity index (χ3n) is 3.38. The maximum absolute atomic E-state index is 11.3. The SMILES string of the molecule is CC(=O)N[C@@H]1[C@@H](O)[C@H](O)[C@@H](CO)O[C@H]1Sc1ccc(N)cc1. The first kappa shape index (κ1) is 17.0. The largest absolute Gasteiger partial charge is 0.399 e. The van der Waals surface area contributed by atoms with Gasteiger partial charge in [0, 0.05) is 17.5 Å². The van der Waals surface area contributed by atoms with E-state index in [1.165, 1.54) is 18.7 Å². The van der Waals surface area contributed by atoms with E-state index < -0.39 is 36.4 Å². The Kier molecular flexibility index (Phi) is 5.65. The average molecular weight is 328 g/mol. The molecule has 0 unspecified atom stereocenters. The number of amides is 1. The van der Waals surface area contributed by atoms with E-state index in [0.717, 1.165) is 4.90 Å². The van der Waals surface area contributed by atoms with Crippen LogP contribution in [-0.4, -0.2) is 57.6 Å². The van der Waals surface area contributed by atoms with E-state index in [2.05, 4.69) is 5.32 Å². The van der Waals surface area contributed by atoms with Gasteiger partial charge in [0.1, 0.15) is 23.7 Å². The zero-order valence-corrected chi connectivity index (χ0v) is 12.9. The normalized spacial score (nSPS) is 31.7. The van der Waals surface area contributed by atoms with E-state index >= 15 is 0 Å². The molecule has 1 heterocycles. The second-order valence-corrected chi connectivity index (χ2v) is 6.29. The highest BCUT2D eigenvalue weighted by atomic mass is 32.2. The fraction of sp³-hybridized carbons (Fsp3) is 0.500. The number of hydrogen-bond donors (Lipinski definition) is 5. The first-order chi connectivity index (χ1) is 10.4. The monoisotopic (exact) mass is 328 g/mol. The lowest BCUT2D eigenvalue weighted by Gasteiger charge is -2.42. The Hall–Kier alpha value is -1.32. The summed E-state index contributed by atoms with van der Waals surface area (Å²) in [7, 11) is 0. The molecular weight excluding hydrogens is 308 g/mol. The Balaban J connectivity index is 2.18. The zero-order chi connectivity index (χ0) is 16.3. The van der Waals surface area contributed by atoms with E-state index in [1.807, 2.05) is 0 Å². The second kappa shape index (κ2) is 7.30. The van der Waals surface area contributed by atoms with E-state index in [9.17, 15) is 20.1 Å². The first-order valence-electron chi connectivity index (χ1n) is 6.84. The van der Waals surface area contributed by atoms with Crippen LogP contribution in [-0.2, 0) is 9.53 Å². The zero-order valence-electron chi connectivity index (χ0n) is 12.0. The number of aliphatic hydroxyl groups is 3. The number of anilines is 1. The van der Waals surface area contributed by atoms with Crippen molar-refractivity contribution in [3.8, 4) is 0 Å². The number of ether oxygens (including phenoxy) is 1. The lowest BCUT2D eigenvalue weighted by Crippen LogP contribution is -2.63. The summed E-state index contributed by atoms with van der Waals surface area (Å²) in [6.45, 7) is 0.895. The maximum atomic E-state index is 11.3. The molecule has 1 fully saturated rings. The maximum Gasteiger partial charge on any atom is 0.217 e. The summed E-state index contributed by atoms with van der Waals surface area (Å²) in [6, 6.07) is 6.25. The Labute approximate surface area is 132 Å². The minimum atomic E-state index is -1.27. The third kappa shape index (κ3) is 3.90. The number of aliphatic hydroxyl groups excluding tert-OH is 3. The molecule has 0 saturated carbocycles. The molecule has 1 aliphatic heterocycles. The van der Waals surface area contributed by atoms with Crippen molar-refractivity contribution in [1.82, 2.24) is 5.32 Å². The number of rotatable bonds is 4. The number of thioether (sulfide) groups is 1. The predicted octanol–water partition coefficient (Wildman–Crippen LogP) is -0.695. The summed E-state index contributed by atoms with van der Waals surface area (Å²) in [5.74, 6) is -0.342. The van der Waals surface area contributed by atoms with Gasteiger partial charge in [-0.15, -0.1) is 0 Å². The third-order valence-corrected chi connectivity index (χ3v) is 4.56. The summed E-state index contributed by atoms with van der Waals surface area (Å²) < 4.78 is 5.62. The van der Waals surface area contributed by atoms with Crippen LogP contribution in [0.15, 0.2) is 29.2 Å². The van der Waals surface area contributed by atoms with Crippen LogP contribution in [0.4, 0.5) is 5.69 Å². The molecule has 1 amide bonds. The van der Waals surface area contributed by atoms with Crippen molar-refractivity contribution in [2.75, 3.05) is 12.3 Å². The van der Waals surface area contributed by atoms with Crippen molar-refractivity contribution >= 4 is 23.4 Å². The van der Waals surface area contributed by atoms with Gasteiger partial charge in [-0.1, -0.05) is 11.8 Å². The van der Waals surface area contributed by atoms with E-state index in [1.54, 1.807) is 24.3 Å². The topological polar surface area (TPSA) is 125 Å². The highest BCUT2D eigenvalue weighted by Gasteiger charge is 2.45. The summed E-state index contributed by atoms with van der Waals surface area (Å²) in [5, 5.41) is 32.0. The van der Waals surface area contributed by atoms with Crippen LogP contribution in [0, 0.1) is 0 Å². The molecule has 7 nitrogen and oxygen atoms in total. The fourth-order valence-corrected chi connectivity index (χ4v) is 3.39. The number of benzene rings is 1. The number of nitrogens with two attached hydrogens (primary N) is 1. The van der Waals surface area contributed by atoms with Gasteiger partial charge in [0.05, 0.1) is 12.6 Å². The van der Waals surface area contributed by atoms with Crippen LogP contribution >= 0.6 is 11.8 Å². The van der Waals surface area contributed by atoms with Crippen molar-refractivity contribution in [2.45, 2.75) is 41.6 Å².